The molecule has 0 aliphatic heterocycles. The fourth-order valence-corrected chi connectivity index (χ4v) is 8.33. The summed E-state index contributed by atoms with van der Waals surface area (Å²) in [6.45, 7) is 1.88. The highest BCUT2D eigenvalue weighted by molar-refractivity contribution is 5.31. The molecule has 0 heterocycles. The van der Waals surface area contributed by atoms with E-state index in [4.69, 9.17) is 6.42 Å². The van der Waals surface area contributed by atoms with Gasteiger partial charge in [0.25, 0.3) is 0 Å². The fraction of sp³-hybridized carbons (Fsp3) is 0.840. The number of hydrogen-bond acceptors (Lipinski definition) is 5. The van der Waals surface area contributed by atoms with Gasteiger partial charge >= 0.3 is 0 Å². The normalized spacial score (nSPS) is 45.9. The first-order valence-corrected chi connectivity index (χ1v) is 11.7. The monoisotopic (exact) mass is 418 g/mol. The Balaban J connectivity index is 1.67. The topological polar surface area (TPSA) is 101 Å². The Hall–Kier alpha value is -0.900. The molecule has 4 aliphatic carbocycles. The minimum Gasteiger partial charge on any atom is -0.394 e. The van der Waals surface area contributed by atoms with Gasteiger partial charge in [-0.25, -0.2) is 0 Å². The molecule has 0 amide bonds. The molecule has 4 aliphatic rings. The van der Waals surface area contributed by atoms with Crippen molar-refractivity contribution >= 4 is 0 Å². The average Bonchev–Trinajstić information content (AvgIpc) is 3.13. The van der Waals surface area contributed by atoms with Gasteiger partial charge < -0.3 is 25.5 Å². The fourth-order valence-electron chi connectivity index (χ4n) is 8.33. The van der Waals surface area contributed by atoms with Crippen LogP contribution in [-0.4, -0.2) is 57.1 Å². The van der Waals surface area contributed by atoms with Gasteiger partial charge in [-0.3, -0.25) is 0 Å². The summed E-state index contributed by atoms with van der Waals surface area (Å²) in [5, 5.41) is 50.8. The molecule has 3 fully saturated rings. The molecule has 3 saturated carbocycles. The van der Waals surface area contributed by atoms with E-state index in [-0.39, 0.29) is 30.5 Å². The van der Waals surface area contributed by atoms with Gasteiger partial charge in [-0.05, 0) is 86.4 Å². The van der Waals surface area contributed by atoms with Crippen molar-refractivity contribution in [3.8, 4) is 12.3 Å². The lowest BCUT2D eigenvalue weighted by Gasteiger charge is -2.60. The standard InChI is InChI=1S/C25H38O5/c1-3-23(30)25-11-8-15(21(28)13-26)12-16(25)4-5-17-18-6-7-20(22(29)14-27)24(18,2)10-9-19(17)25/h1,4,15,17-23,26-30H,5-14H2,2H3/t15?,17-,18-,19+,20?,21?,22?,23?,24-,25+/m0/s1. The van der Waals surface area contributed by atoms with Crippen LogP contribution in [0.1, 0.15) is 58.3 Å². The first-order valence-electron chi connectivity index (χ1n) is 11.7. The number of rotatable bonds is 5. The van der Waals surface area contributed by atoms with Gasteiger partial charge in [0.05, 0.1) is 25.4 Å². The van der Waals surface area contributed by atoms with Crippen LogP contribution in [0, 0.1) is 52.8 Å². The highest BCUT2D eigenvalue weighted by atomic mass is 16.3. The van der Waals surface area contributed by atoms with E-state index in [1.165, 1.54) is 5.57 Å². The first kappa shape index (κ1) is 22.3. The molecule has 0 aromatic carbocycles. The Kier molecular flexibility index (Phi) is 6.11. The summed E-state index contributed by atoms with van der Waals surface area (Å²) < 4.78 is 0. The largest absolute Gasteiger partial charge is 0.394 e. The molecule has 0 saturated heterocycles. The molecule has 0 aromatic rings. The summed E-state index contributed by atoms with van der Waals surface area (Å²) in [6.07, 6.45) is 12.9. The van der Waals surface area contributed by atoms with Crippen LogP contribution in [0.25, 0.3) is 0 Å². The first-order chi connectivity index (χ1) is 14.3. The summed E-state index contributed by atoms with van der Waals surface area (Å²) in [7, 11) is 0. The second-order valence-corrected chi connectivity index (χ2v) is 10.7. The van der Waals surface area contributed by atoms with E-state index < -0.39 is 23.7 Å². The van der Waals surface area contributed by atoms with Gasteiger partial charge in [0.1, 0.15) is 6.10 Å². The molecule has 0 spiro atoms. The van der Waals surface area contributed by atoms with E-state index in [0.29, 0.717) is 24.2 Å². The number of hydrogen-bond donors (Lipinski definition) is 5. The zero-order chi connectivity index (χ0) is 21.7. The zero-order valence-corrected chi connectivity index (χ0v) is 18.1. The maximum absolute atomic E-state index is 11.1. The predicted molar refractivity (Wildman–Crippen MR) is 114 cm³/mol. The third-order valence-corrected chi connectivity index (χ3v) is 9.85. The molecular weight excluding hydrogens is 380 g/mol. The van der Waals surface area contributed by atoms with Crippen LogP contribution in [0.3, 0.4) is 0 Å². The minimum atomic E-state index is -0.839. The highest BCUT2D eigenvalue weighted by Crippen LogP contribution is 2.67. The van der Waals surface area contributed by atoms with E-state index in [1.807, 2.05) is 0 Å². The van der Waals surface area contributed by atoms with E-state index >= 15 is 0 Å². The Labute approximate surface area is 180 Å². The van der Waals surface area contributed by atoms with Crippen molar-refractivity contribution < 1.29 is 25.5 Å². The summed E-state index contributed by atoms with van der Waals surface area (Å²) >= 11 is 0. The lowest BCUT2D eigenvalue weighted by Crippen LogP contribution is -2.56. The predicted octanol–water partition coefficient (Wildman–Crippen LogP) is 1.86. The Bertz CT molecular complexity index is 713. The summed E-state index contributed by atoms with van der Waals surface area (Å²) in [5.41, 5.74) is 0.769. The van der Waals surface area contributed by atoms with Gasteiger partial charge in [-0.15, -0.1) is 6.42 Å². The molecule has 5 heteroatoms. The molecule has 5 nitrogen and oxygen atoms in total. The molecular formula is C25H38O5. The number of aliphatic hydroxyl groups excluding tert-OH is 5. The van der Waals surface area contributed by atoms with Crippen LogP contribution in [0.15, 0.2) is 11.6 Å². The van der Waals surface area contributed by atoms with Crippen LogP contribution in [-0.2, 0) is 0 Å². The maximum atomic E-state index is 11.1. The Morgan fingerprint density at radius 3 is 2.43 bits per heavy atom. The smallest absolute Gasteiger partial charge is 0.124 e. The molecule has 10 atom stereocenters. The number of terminal acetylenes is 1. The molecule has 5 unspecified atom stereocenters. The van der Waals surface area contributed by atoms with Crippen molar-refractivity contribution in [2.75, 3.05) is 13.2 Å². The van der Waals surface area contributed by atoms with Crippen LogP contribution in [0.2, 0.25) is 0 Å². The molecule has 168 valence electrons. The Morgan fingerprint density at radius 1 is 1.03 bits per heavy atom. The van der Waals surface area contributed by atoms with Crippen molar-refractivity contribution in [1.29, 1.82) is 0 Å². The van der Waals surface area contributed by atoms with Gasteiger partial charge in [0.15, 0.2) is 0 Å². The Morgan fingerprint density at radius 2 is 1.77 bits per heavy atom. The summed E-state index contributed by atoms with van der Waals surface area (Å²) in [6, 6.07) is 0. The van der Waals surface area contributed by atoms with Gasteiger partial charge in [-0.1, -0.05) is 24.5 Å². The van der Waals surface area contributed by atoms with Crippen molar-refractivity contribution in [3.05, 3.63) is 11.6 Å². The van der Waals surface area contributed by atoms with Crippen molar-refractivity contribution in [1.82, 2.24) is 0 Å². The van der Waals surface area contributed by atoms with E-state index in [0.717, 1.165) is 44.9 Å². The molecule has 0 aromatic heterocycles. The van der Waals surface area contributed by atoms with Gasteiger partial charge in [-0.2, -0.15) is 0 Å². The van der Waals surface area contributed by atoms with Gasteiger partial charge in [0, 0.05) is 5.41 Å². The second kappa shape index (κ2) is 8.22. The SMILES string of the molecule is C#CC(O)[C@]12CCC(C(O)CO)CC1=CC[C@@H]1[C@H]2CC[C@]2(C)C(C(O)CO)CC[C@@H]12. The maximum Gasteiger partial charge on any atom is 0.124 e. The molecule has 4 rings (SSSR count). The highest BCUT2D eigenvalue weighted by Gasteiger charge is 2.62. The quantitative estimate of drug-likeness (QED) is 0.347. The lowest BCUT2D eigenvalue weighted by atomic mass is 9.45. The van der Waals surface area contributed by atoms with Crippen molar-refractivity contribution in [2.24, 2.45) is 40.4 Å². The number of allylic oxidation sites excluding steroid dienone is 1. The van der Waals surface area contributed by atoms with E-state index in [1.54, 1.807) is 0 Å². The van der Waals surface area contributed by atoms with Crippen LogP contribution < -0.4 is 0 Å². The second-order valence-electron chi connectivity index (χ2n) is 10.7. The van der Waals surface area contributed by atoms with E-state index in [9.17, 15) is 25.5 Å². The van der Waals surface area contributed by atoms with Crippen molar-refractivity contribution in [2.45, 2.75) is 76.6 Å². The van der Waals surface area contributed by atoms with E-state index in [2.05, 4.69) is 18.9 Å². The lowest BCUT2D eigenvalue weighted by molar-refractivity contribution is -0.105. The summed E-state index contributed by atoms with van der Waals surface area (Å²) in [5.74, 6) is 3.98. The zero-order valence-electron chi connectivity index (χ0n) is 18.1. The third kappa shape index (κ3) is 3.11. The molecule has 0 radical (unpaired) electrons. The van der Waals surface area contributed by atoms with Crippen LogP contribution in [0.5, 0.6) is 0 Å². The average molecular weight is 419 g/mol. The molecule has 30 heavy (non-hydrogen) atoms. The third-order valence-electron chi connectivity index (χ3n) is 9.85. The van der Waals surface area contributed by atoms with Crippen LogP contribution >= 0.6 is 0 Å². The van der Waals surface area contributed by atoms with Gasteiger partial charge in [0.2, 0.25) is 0 Å². The summed E-state index contributed by atoms with van der Waals surface area (Å²) in [4.78, 5) is 0. The molecule has 5 N–H and O–H groups in total. The minimum absolute atomic E-state index is 0.0142. The van der Waals surface area contributed by atoms with Crippen molar-refractivity contribution in [3.63, 3.8) is 0 Å². The van der Waals surface area contributed by atoms with Crippen LogP contribution in [0.4, 0.5) is 0 Å². The number of aliphatic hydroxyl groups is 5. The molecule has 0 bridgehead atoms. The number of fused-ring (bicyclic) bond motifs is 5.